The van der Waals surface area contributed by atoms with Crippen LogP contribution in [0.25, 0.3) is 22.9 Å². The fourth-order valence-electron chi connectivity index (χ4n) is 2.75. The van der Waals surface area contributed by atoms with Gasteiger partial charge in [0.2, 0.25) is 5.95 Å². The highest BCUT2D eigenvalue weighted by molar-refractivity contribution is 6.31. The molecule has 0 bridgehead atoms. The number of aromatic nitrogens is 6. The zero-order valence-electron chi connectivity index (χ0n) is 15.8. The average molecular weight is 394 g/mol. The van der Waals surface area contributed by atoms with Gasteiger partial charge >= 0.3 is 0 Å². The van der Waals surface area contributed by atoms with E-state index < -0.39 is 0 Å². The second kappa shape index (κ2) is 7.44. The third kappa shape index (κ3) is 3.75. The molecule has 0 aliphatic heterocycles. The predicted molar refractivity (Wildman–Crippen MR) is 111 cm³/mol. The highest BCUT2D eigenvalue weighted by Gasteiger charge is 2.13. The van der Waals surface area contributed by atoms with E-state index in [2.05, 4.69) is 49.3 Å². The van der Waals surface area contributed by atoms with E-state index in [1.165, 1.54) is 0 Å². The molecule has 28 heavy (non-hydrogen) atoms. The van der Waals surface area contributed by atoms with E-state index in [0.29, 0.717) is 34.4 Å². The summed E-state index contributed by atoms with van der Waals surface area (Å²) in [6, 6.07) is 11.5. The molecule has 0 saturated carbocycles. The van der Waals surface area contributed by atoms with Gasteiger partial charge in [-0.05, 0) is 48.7 Å². The molecule has 0 amide bonds. The van der Waals surface area contributed by atoms with Crippen molar-refractivity contribution in [3.05, 3.63) is 58.9 Å². The summed E-state index contributed by atoms with van der Waals surface area (Å²) in [5.41, 5.74) is 3.67. The number of rotatable bonds is 5. The summed E-state index contributed by atoms with van der Waals surface area (Å²) in [5, 5.41) is 11.2. The number of halogens is 1. The van der Waals surface area contributed by atoms with Crippen LogP contribution in [-0.4, -0.2) is 30.1 Å². The Balaban J connectivity index is 1.76. The number of hydrogen-bond donors (Lipinski definition) is 3. The molecular formula is C20H20ClN7. The van der Waals surface area contributed by atoms with Gasteiger partial charge in [-0.1, -0.05) is 25.4 Å². The Hall–Kier alpha value is -3.19. The van der Waals surface area contributed by atoms with E-state index in [4.69, 9.17) is 11.6 Å². The van der Waals surface area contributed by atoms with Gasteiger partial charge < -0.3 is 10.3 Å². The van der Waals surface area contributed by atoms with Crippen LogP contribution in [0.3, 0.4) is 0 Å². The SMILES string of the molecule is Cc1cc(-c2nc(Nc3cc(C(C)C)[nH]n3)nc(-c3ccc[nH]3)n2)ccc1Cl. The smallest absolute Gasteiger partial charge is 0.232 e. The Morgan fingerprint density at radius 3 is 2.54 bits per heavy atom. The Labute approximate surface area is 167 Å². The molecule has 3 heterocycles. The van der Waals surface area contributed by atoms with Gasteiger partial charge in [-0.15, -0.1) is 0 Å². The second-order valence-corrected chi connectivity index (χ2v) is 7.25. The molecule has 0 aliphatic rings. The fraction of sp³-hybridized carbons (Fsp3) is 0.200. The summed E-state index contributed by atoms with van der Waals surface area (Å²) in [6.07, 6.45) is 1.83. The van der Waals surface area contributed by atoms with Crippen LogP contribution in [0.1, 0.15) is 31.0 Å². The van der Waals surface area contributed by atoms with Crippen molar-refractivity contribution in [3.8, 4) is 22.9 Å². The molecule has 0 fully saturated rings. The first kappa shape index (κ1) is 18.2. The van der Waals surface area contributed by atoms with Gasteiger partial charge in [0.05, 0.1) is 5.69 Å². The Morgan fingerprint density at radius 1 is 1.04 bits per heavy atom. The van der Waals surface area contributed by atoms with Gasteiger partial charge in [0, 0.05) is 28.5 Å². The van der Waals surface area contributed by atoms with Crippen molar-refractivity contribution in [3.63, 3.8) is 0 Å². The molecule has 3 aromatic heterocycles. The van der Waals surface area contributed by atoms with E-state index in [-0.39, 0.29) is 0 Å². The van der Waals surface area contributed by atoms with E-state index >= 15 is 0 Å². The summed E-state index contributed by atoms with van der Waals surface area (Å²) in [5.74, 6) is 2.53. The number of anilines is 2. The van der Waals surface area contributed by atoms with Crippen molar-refractivity contribution in [2.45, 2.75) is 26.7 Å². The fourth-order valence-corrected chi connectivity index (χ4v) is 2.86. The molecule has 0 aliphatic carbocycles. The molecule has 142 valence electrons. The molecule has 3 N–H and O–H groups in total. The lowest BCUT2D eigenvalue weighted by atomic mass is 10.1. The third-order valence-corrected chi connectivity index (χ3v) is 4.77. The number of hydrogen-bond acceptors (Lipinski definition) is 5. The maximum absolute atomic E-state index is 6.16. The van der Waals surface area contributed by atoms with Gasteiger partial charge in [0.15, 0.2) is 17.5 Å². The van der Waals surface area contributed by atoms with Crippen LogP contribution in [-0.2, 0) is 0 Å². The van der Waals surface area contributed by atoms with Crippen molar-refractivity contribution in [1.82, 2.24) is 30.1 Å². The van der Waals surface area contributed by atoms with E-state index in [1.807, 2.05) is 49.5 Å². The molecule has 0 spiro atoms. The maximum atomic E-state index is 6.16. The minimum atomic E-state index is 0.350. The molecule has 1 aromatic carbocycles. The van der Waals surface area contributed by atoms with Gasteiger partial charge in [0.25, 0.3) is 0 Å². The minimum Gasteiger partial charge on any atom is -0.359 e. The molecule has 4 rings (SSSR count). The zero-order valence-corrected chi connectivity index (χ0v) is 16.5. The molecule has 7 nitrogen and oxygen atoms in total. The van der Waals surface area contributed by atoms with Crippen molar-refractivity contribution < 1.29 is 0 Å². The molecule has 0 radical (unpaired) electrons. The summed E-state index contributed by atoms with van der Waals surface area (Å²) < 4.78 is 0. The highest BCUT2D eigenvalue weighted by Crippen LogP contribution is 2.26. The number of nitrogens with one attached hydrogen (secondary N) is 3. The zero-order chi connectivity index (χ0) is 19.7. The highest BCUT2D eigenvalue weighted by atomic mass is 35.5. The van der Waals surface area contributed by atoms with Gasteiger partial charge in [-0.25, -0.2) is 4.98 Å². The maximum Gasteiger partial charge on any atom is 0.232 e. The van der Waals surface area contributed by atoms with Crippen LogP contribution >= 0.6 is 11.6 Å². The van der Waals surface area contributed by atoms with Crippen LogP contribution in [0.15, 0.2) is 42.6 Å². The van der Waals surface area contributed by atoms with Crippen molar-refractivity contribution in [2.75, 3.05) is 5.32 Å². The third-order valence-electron chi connectivity index (χ3n) is 4.35. The summed E-state index contributed by atoms with van der Waals surface area (Å²) in [7, 11) is 0. The first-order valence-electron chi connectivity index (χ1n) is 8.98. The Kier molecular flexibility index (Phi) is 4.83. The average Bonchev–Trinajstić information content (AvgIpc) is 3.36. The first-order chi connectivity index (χ1) is 13.5. The Bertz CT molecular complexity index is 1100. The van der Waals surface area contributed by atoms with Gasteiger partial charge in [0.1, 0.15) is 0 Å². The van der Waals surface area contributed by atoms with Crippen LogP contribution in [0.5, 0.6) is 0 Å². The predicted octanol–water partition coefficient (Wildman–Crippen LogP) is 5.09. The monoisotopic (exact) mass is 393 g/mol. The number of benzene rings is 1. The van der Waals surface area contributed by atoms with Crippen LogP contribution < -0.4 is 5.32 Å². The first-order valence-corrected chi connectivity index (χ1v) is 9.36. The van der Waals surface area contributed by atoms with Crippen molar-refractivity contribution in [1.29, 1.82) is 0 Å². The number of H-pyrrole nitrogens is 2. The van der Waals surface area contributed by atoms with E-state index in [0.717, 1.165) is 22.5 Å². The molecule has 0 atom stereocenters. The molecule has 0 unspecified atom stereocenters. The van der Waals surface area contributed by atoms with E-state index in [1.54, 1.807) is 0 Å². The quantitative estimate of drug-likeness (QED) is 0.439. The van der Waals surface area contributed by atoms with Gasteiger partial charge in [-0.2, -0.15) is 15.1 Å². The van der Waals surface area contributed by atoms with Crippen molar-refractivity contribution >= 4 is 23.4 Å². The number of aromatic amines is 2. The molecule has 4 aromatic rings. The summed E-state index contributed by atoms with van der Waals surface area (Å²) in [6.45, 7) is 6.16. The lowest BCUT2D eigenvalue weighted by Crippen LogP contribution is -2.03. The molecular weight excluding hydrogens is 374 g/mol. The standard InChI is InChI=1S/C20H20ClN7/c1-11(2)16-10-17(28-27-16)23-20-25-18(13-6-7-14(21)12(3)9-13)24-19(26-20)15-5-4-8-22-15/h4-11,22H,1-3H3,(H2,23,24,25,26,27,28). The van der Waals surface area contributed by atoms with Crippen LogP contribution in [0.2, 0.25) is 5.02 Å². The van der Waals surface area contributed by atoms with E-state index in [9.17, 15) is 0 Å². The largest absolute Gasteiger partial charge is 0.359 e. The summed E-state index contributed by atoms with van der Waals surface area (Å²) in [4.78, 5) is 16.9. The van der Waals surface area contributed by atoms with Crippen LogP contribution in [0, 0.1) is 6.92 Å². The number of nitrogens with zero attached hydrogens (tertiary/aromatic N) is 4. The lowest BCUT2D eigenvalue weighted by molar-refractivity contribution is 0.811. The number of aryl methyl sites for hydroxylation is 1. The van der Waals surface area contributed by atoms with Gasteiger partial charge in [-0.3, -0.25) is 5.10 Å². The molecule has 8 heteroatoms. The summed E-state index contributed by atoms with van der Waals surface area (Å²) >= 11 is 6.16. The topological polar surface area (TPSA) is 95.2 Å². The minimum absolute atomic E-state index is 0.350. The van der Waals surface area contributed by atoms with Crippen molar-refractivity contribution in [2.24, 2.45) is 0 Å². The second-order valence-electron chi connectivity index (χ2n) is 6.84. The lowest BCUT2D eigenvalue weighted by Gasteiger charge is -2.08. The molecule has 0 saturated heterocycles. The normalized spacial score (nSPS) is 11.2. The van der Waals surface area contributed by atoms with Crippen LogP contribution in [0.4, 0.5) is 11.8 Å². The Morgan fingerprint density at radius 2 is 1.86 bits per heavy atom.